The summed E-state index contributed by atoms with van der Waals surface area (Å²) in [6.07, 6.45) is -1.08. The van der Waals surface area contributed by atoms with E-state index in [0.717, 1.165) is 4.88 Å². The van der Waals surface area contributed by atoms with E-state index in [4.69, 9.17) is 5.53 Å². The summed E-state index contributed by atoms with van der Waals surface area (Å²) < 4.78 is 0. The topological polar surface area (TPSA) is 123 Å². The van der Waals surface area contributed by atoms with Crippen molar-refractivity contribution in [3.05, 3.63) is 38.7 Å². The largest absolute Gasteiger partial charge is 0.384 e. The first kappa shape index (κ1) is 10.6. The molecule has 0 amide bonds. The van der Waals surface area contributed by atoms with Crippen LogP contribution >= 0.6 is 11.3 Å². The fourth-order valence-electron chi connectivity index (χ4n) is 1.23. The molecule has 0 bridgehead atoms. The number of aromatic nitrogens is 4. The Labute approximate surface area is 93.6 Å². The van der Waals surface area contributed by atoms with E-state index in [9.17, 15) is 5.11 Å². The highest BCUT2D eigenvalue weighted by Crippen LogP contribution is 2.32. The lowest BCUT2D eigenvalue weighted by atomic mass is 10.1. The number of tetrazole rings is 1. The molecule has 82 valence electrons. The van der Waals surface area contributed by atoms with E-state index in [-0.39, 0.29) is 5.82 Å². The number of nitrogens with zero attached hydrogens (tertiary/aromatic N) is 6. The number of thiophene rings is 1. The molecule has 0 aromatic carbocycles. The number of nitrogens with one attached hydrogen (secondary N) is 1. The third-order valence-corrected chi connectivity index (χ3v) is 2.89. The highest BCUT2D eigenvalue weighted by Gasteiger charge is 2.25. The van der Waals surface area contributed by atoms with Crippen molar-refractivity contribution in [3.63, 3.8) is 0 Å². The van der Waals surface area contributed by atoms with Crippen LogP contribution in [0.15, 0.2) is 22.6 Å². The Bertz CT molecular complexity index is 475. The van der Waals surface area contributed by atoms with Gasteiger partial charge in [-0.2, -0.15) is 0 Å². The Morgan fingerprint density at radius 3 is 3.06 bits per heavy atom. The molecule has 2 rings (SSSR count). The maximum Gasteiger partial charge on any atom is 0.178 e. The second-order valence-corrected chi connectivity index (χ2v) is 3.88. The number of aromatic amines is 1. The summed E-state index contributed by atoms with van der Waals surface area (Å²) in [6, 6.07) is 2.86. The molecule has 8 nitrogen and oxygen atoms in total. The number of hydrogen-bond donors (Lipinski definition) is 2. The van der Waals surface area contributed by atoms with Gasteiger partial charge in [0, 0.05) is 9.79 Å². The Morgan fingerprint density at radius 2 is 2.50 bits per heavy atom. The summed E-state index contributed by atoms with van der Waals surface area (Å²) in [5.41, 5.74) is 8.47. The molecule has 2 N–H and O–H groups in total. The minimum atomic E-state index is -1.08. The van der Waals surface area contributed by atoms with E-state index in [0.29, 0.717) is 0 Å². The number of aliphatic hydroxyl groups is 1. The molecule has 2 unspecified atom stereocenters. The van der Waals surface area contributed by atoms with Gasteiger partial charge in [-0.25, -0.2) is 5.10 Å². The standard InChI is InChI=1S/C7H7N7OS/c8-12-9-5(4-2-1-3-16-4)6(15)7-10-13-14-11-7/h1-3,5-6,15H,(H,10,11,13,14). The van der Waals surface area contributed by atoms with Crippen LogP contribution in [0.5, 0.6) is 0 Å². The van der Waals surface area contributed by atoms with Gasteiger partial charge in [0.1, 0.15) is 12.1 Å². The van der Waals surface area contributed by atoms with Crippen molar-refractivity contribution in [2.75, 3.05) is 0 Å². The third kappa shape index (κ3) is 2.01. The van der Waals surface area contributed by atoms with Crippen LogP contribution in [0, 0.1) is 0 Å². The Kier molecular flexibility index (Phi) is 3.10. The van der Waals surface area contributed by atoms with Gasteiger partial charge in [-0.3, -0.25) is 0 Å². The summed E-state index contributed by atoms with van der Waals surface area (Å²) in [5.74, 6) is 0.172. The Morgan fingerprint density at radius 1 is 1.62 bits per heavy atom. The van der Waals surface area contributed by atoms with Crippen molar-refractivity contribution in [1.82, 2.24) is 20.6 Å². The van der Waals surface area contributed by atoms with E-state index in [2.05, 4.69) is 30.7 Å². The van der Waals surface area contributed by atoms with Gasteiger partial charge < -0.3 is 5.11 Å². The van der Waals surface area contributed by atoms with E-state index in [1.54, 1.807) is 6.07 Å². The molecule has 0 fully saturated rings. The number of aliphatic hydroxyl groups excluding tert-OH is 1. The Hall–Kier alpha value is -1.96. The summed E-state index contributed by atoms with van der Waals surface area (Å²) in [6.45, 7) is 0. The summed E-state index contributed by atoms with van der Waals surface area (Å²) in [4.78, 5) is 3.46. The van der Waals surface area contributed by atoms with E-state index in [1.807, 2.05) is 11.4 Å². The van der Waals surface area contributed by atoms with Gasteiger partial charge in [-0.1, -0.05) is 11.2 Å². The van der Waals surface area contributed by atoms with Gasteiger partial charge in [0.05, 0.1) is 0 Å². The predicted molar refractivity (Wildman–Crippen MR) is 55.3 cm³/mol. The number of H-pyrrole nitrogens is 1. The molecule has 0 radical (unpaired) electrons. The minimum Gasteiger partial charge on any atom is -0.384 e. The van der Waals surface area contributed by atoms with Gasteiger partial charge in [0.15, 0.2) is 5.82 Å². The first-order chi connectivity index (χ1) is 7.83. The molecule has 2 atom stereocenters. The molecule has 16 heavy (non-hydrogen) atoms. The zero-order chi connectivity index (χ0) is 11.4. The van der Waals surface area contributed by atoms with Crippen LogP contribution in [0.3, 0.4) is 0 Å². The van der Waals surface area contributed by atoms with Crippen molar-refractivity contribution in [2.24, 2.45) is 5.11 Å². The maximum absolute atomic E-state index is 9.94. The van der Waals surface area contributed by atoms with Crippen LogP contribution in [0.2, 0.25) is 0 Å². The summed E-state index contributed by atoms with van der Waals surface area (Å²) in [5, 5.41) is 28.1. The predicted octanol–water partition coefficient (Wildman–Crippen LogP) is 1.35. The molecule has 0 aliphatic carbocycles. The second-order valence-electron chi connectivity index (χ2n) is 2.90. The lowest BCUT2D eigenvalue weighted by Crippen LogP contribution is -2.09. The van der Waals surface area contributed by atoms with Crippen molar-refractivity contribution in [2.45, 2.75) is 12.1 Å². The molecule has 0 saturated heterocycles. The Balaban J connectivity index is 2.30. The molecule has 2 aromatic heterocycles. The number of azide groups is 1. The molecular formula is C7H7N7OS. The van der Waals surface area contributed by atoms with E-state index in [1.165, 1.54) is 11.3 Å². The van der Waals surface area contributed by atoms with Crippen molar-refractivity contribution in [3.8, 4) is 0 Å². The quantitative estimate of drug-likeness (QED) is 0.473. The molecule has 2 heterocycles. The van der Waals surface area contributed by atoms with Gasteiger partial charge >= 0.3 is 0 Å². The van der Waals surface area contributed by atoms with Crippen LogP contribution in [0.1, 0.15) is 22.8 Å². The molecule has 9 heteroatoms. The van der Waals surface area contributed by atoms with E-state index < -0.39 is 12.1 Å². The average Bonchev–Trinajstić information content (AvgIpc) is 2.96. The number of hydrogen-bond acceptors (Lipinski definition) is 6. The van der Waals surface area contributed by atoms with Crippen molar-refractivity contribution < 1.29 is 5.11 Å². The maximum atomic E-state index is 9.94. The molecule has 0 spiro atoms. The first-order valence-corrected chi connectivity index (χ1v) is 5.20. The zero-order valence-electron chi connectivity index (χ0n) is 7.93. The monoisotopic (exact) mass is 237 g/mol. The smallest absolute Gasteiger partial charge is 0.178 e. The lowest BCUT2D eigenvalue weighted by molar-refractivity contribution is 0.139. The lowest BCUT2D eigenvalue weighted by Gasteiger charge is -2.13. The fraction of sp³-hybridized carbons (Fsp3) is 0.286. The first-order valence-electron chi connectivity index (χ1n) is 4.32. The van der Waals surface area contributed by atoms with Gasteiger partial charge in [-0.15, -0.1) is 16.4 Å². The fourth-order valence-corrected chi connectivity index (χ4v) is 2.02. The number of rotatable bonds is 4. The van der Waals surface area contributed by atoms with Crippen LogP contribution in [0.4, 0.5) is 0 Å². The van der Waals surface area contributed by atoms with Crippen molar-refractivity contribution >= 4 is 11.3 Å². The molecule has 2 aromatic rings. The summed E-state index contributed by atoms with van der Waals surface area (Å²) >= 11 is 1.39. The highest BCUT2D eigenvalue weighted by atomic mass is 32.1. The normalized spacial score (nSPS) is 14.1. The highest BCUT2D eigenvalue weighted by molar-refractivity contribution is 7.10. The van der Waals surface area contributed by atoms with Crippen LogP contribution in [0.25, 0.3) is 10.4 Å². The van der Waals surface area contributed by atoms with Gasteiger partial charge in [0.25, 0.3) is 0 Å². The van der Waals surface area contributed by atoms with E-state index >= 15 is 0 Å². The molecule has 0 aliphatic rings. The third-order valence-electron chi connectivity index (χ3n) is 1.95. The van der Waals surface area contributed by atoms with Crippen molar-refractivity contribution in [1.29, 1.82) is 0 Å². The molecule has 0 aliphatic heterocycles. The second kappa shape index (κ2) is 4.71. The summed E-state index contributed by atoms with van der Waals surface area (Å²) in [7, 11) is 0. The molecule has 0 saturated carbocycles. The van der Waals surface area contributed by atoms with Gasteiger partial charge in [-0.05, 0) is 27.4 Å². The SMILES string of the molecule is [N-]=[N+]=NC(c1cccs1)C(O)c1nnn[nH]1. The van der Waals surface area contributed by atoms with Gasteiger partial charge in [0.2, 0.25) is 0 Å². The van der Waals surface area contributed by atoms with Crippen LogP contribution in [-0.2, 0) is 0 Å². The van der Waals surface area contributed by atoms with Crippen LogP contribution in [-0.4, -0.2) is 25.7 Å². The average molecular weight is 237 g/mol. The molecular weight excluding hydrogens is 230 g/mol. The minimum absolute atomic E-state index is 0.172. The van der Waals surface area contributed by atoms with Crippen LogP contribution < -0.4 is 0 Å². The zero-order valence-corrected chi connectivity index (χ0v) is 8.74.